The van der Waals surface area contributed by atoms with E-state index in [1.54, 1.807) is 12.1 Å². The van der Waals surface area contributed by atoms with E-state index in [0.29, 0.717) is 28.7 Å². The van der Waals surface area contributed by atoms with Crippen LogP contribution in [0.4, 0.5) is 23.1 Å². The first-order chi connectivity index (χ1) is 10.1. The Balaban J connectivity index is 2.14. The second-order valence-electron chi connectivity index (χ2n) is 4.48. The summed E-state index contributed by atoms with van der Waals surface area (Å²) >= 11 is 0. The second kappa shape index (κ2) is 6.62. The molecular weight excluding hydrogens is 270 g/mol. The summed E-state index contributed by atoms with van der Waals surface area (Å²) in [6.07, 6.45) is 4.07. The number of rotatable bonds is 6. The molecule has 0 bridgehead atoms. The van der Waals surface area contributed by atoms with Gasteiger partial charge in [0.2, 0.25) is 0 Å². The molecule has 0 aliphatic heterocycles. The first-order valence-electron chi connectivity index (χ1n) is 6.35. The van der Waals surface area contributed by atoms with Gasteiger partial charge in [-0.25, -0.2) is 15.0 Å². The van der Waals surface area contributed by atoms with Gasteiger partial charge < -0.3 is 26.9 Å². The molecule has 110 valence electrons. The molecule has 2 aromatic heterocycles. The summed E-state index contributed by atoms with van der Waals surface area (Å²) < 4.78 is 0. The summed E-state index contributed by atoms with van der Waals surface area (Å²) in [7, 11) is 0. The fourth-order valence-electron chi connectivity index (χ4n) is 1.60. The number of nitrogen functional groups attached to an aromatic ring is 1. The SMILES string of the molecule is C[C@@H](CO)Nc1cc(Nc2cc(N)c(C=N)cn2)ncn1. The Labute approximate surface area is 122 Å². The Morgan fingerprint density at radius 3 is 2.67 bits per heavy atom. The molecular formula is C13H17N7O. The number of aromatic nitrogens is 3. The maximum absolute atomic E-state index is 9.02. The lowest BCUT2D eigenvalue weighted by Gasteiger charge is -2.12. The van der Waals surface area contributed by atoms with Crippen molar-refractivity contribution >= 4 is 29.4 Å². The number of aliphatic hydroxyl groups excluding tert-OH is 1. The van der Waals surface area contributed by atoms with Gasteiger partial charge in [0, 0.05) is 41.8 Å². The highest BCUT2D eigenvalue weighted by Gasteiger charge is 2.05. The molecule has 2 rings (SSSR count). The van der Waals surface area contributed by atoms with Crippen LogP contribution in [0.1, 0.15) is 12.5 Å². The Kier molecular flexibility index (Phi) is 4.62. The van der Waals surface area contributed by atoms with Gasteiger partial charge in [0.15, 0.2) is 0 Å². The van der Waals surface area contributed by atoms with E-state index in [-0.39, 0.29) is 12.6 Å². The molecule has 0 unspecified atom stereocenters. The lowest BCUT2D eigenvalue weighted by molar-refractivity contribution is 0.281. The molecule has 0 aromatic carbocycles. The summed E-state index contributed by atoms with van der Waals surface area (Å²) in [4.78, 5) is 12.3. The molecule has 0 spiro atoms. The van der Waals surface area contributed by atoms with Crippen molar-refractivity contribution in [1.82, 2.24) is 15.0 Å². The molecule has 1 atom stereocenters. The molecule has 0 aliphatic rings. The van der Waals surface area contributed by atoms with Crippen molar-refractivity contribution in [3.05, 3.63) is 30.2 Å². The average Bonchev–Trinajstić information content (AvgIpc) is 2.47. The van der Waals surface area contributed by atoms with Gasteiger partial charge in [0.05, 0.1) is 6.61 Å². The third kappa shape index (κ3) is 3.86. The minimum atomic E-state index is -0.103. The summed E-state index contributed by atoms with van der Waals surface area (Å²) in [5, 5.41) is 22.2. The van der Waals surface area contributed by atoms with Crippen LogP contribution < -0.4 is 16.4 Å². The fraction of sp³-hybridized carbons (Fsp3) is 0.231. The number of nitrogens with one attached hydrogen (secondary N) is 3. The summed E-state index contributed by atoms with van der Waals surface area (Å²) in [6, 6.07) is 3.23. The van der Waals surface area contributed by atoms with Crippen LogP contribution in [-0.4, -0.2) is 38.9 Å². The highest BCUT2D eigenvalue weighted by Crippen LogP contribution is 2.18. The first-order valence-corrected chi connectivity index (χ1v) is 6.35. The van der Waals surface area contributed by atoms with E-state index in [1.165, 1.54) is 12.5 Å². The van der Waals surface area contributed by atoms with Crippen molar-refractivity contribution in [1.29, 1.82) is 5.41 Å². The van der Waals surface area contributed by atoms with E-state index in [9.17, 15) is 0 Å². The number of pyridine rings is 1. The van der Waals surface area contributed by atoms with Crippen LogP contribution in [0, 0.1) is 5.41 Å². The third-order valence-corrected chi connectivity index (χ3v) is 2.72. The molecule has 0 saturated carbocycles. The number of aliphatic hydroxyl groups is 1. The van der Waals surface area contributed by atoms with Gasteiger partial charge >= 0.3 is 0 Å². The summed E-state index contributed by atoms with van der Waals surface area (Å²) in [5.41, 5.74) is 6.81. The number of anilines is 4. The fourth-order valence-corrected chi connectivity index (χ4v) is 1.60. The Morgan fingerprint density at radius 2 is 2.00 bits per heavy atom. The molecule has 0 aliphatic carbocycles. The van der Waals surface area contributed by atoms with Crippen molar-refractivity contribution in [2.45, 2.75) is 13.0 Å². The van der Waals surface area contributed by atoms with Crippen LogP contribution in [0.2, 0.25) is 0 Å². The predicted octanol–water partition coefficient (Wildman–Crippen LogP) is 0.988. The minimum Gasteiger partial charge on any atom is -0.398 e. The molecule has 0 radical (unpaired) electrons. The summed E-state index contributed by atoms with van der Waals surface area (Å²) in [6.45, 7) is 1.85. The van der Waals surface area contributed by atoms with E-state index in [4.69, 9.17) is 16.2 Å². The zero-order valence-electron chi connectivity index (χ0n) is 11.5. The maximum atomic E-state index is 9.02. The quantitative estimate of drug-likeness (QED) is 0.500. The van der Waals surface area contributed by atoms with Gasteiger partial charge in [-0.05, 0) is 6.92 Å². The van der Waals surface area contributed by atoms with Gasteiger partial charge in [0.1, 0.15) is 23.8 Å². The molecule has 8 heteroatoms. The van der Waals surface area contributed by atoms with Gasteiger partial charge in [0.25, 0.3) is 0 Å². The molecule has 6 N–H and O–H groups in total. The Morgan fingerprint density at radius 1 is 1.29 bits per heavy atom. The predicted molar refractivity (Wildman–Crippen MR) is 82.0 cm³/mol. The normalized spacial score (nSPS) is 11.7. The highest BCUT2D eigenvalue weighted by molar-refractivity contribution is 5.85. The van der Waals surface area contributed by atoms with Crippen molar-refractivity contribution in [3.63, 3.8) is 0 Å². The zero-order chi connectivity index (χ0) is 15.2. The van der Waals surface area contributed by atoms with E-state index in [2.05, 4.69) is 25.6 Å². The topological polar surface area (TPSA) is 133 Å². The van der Waals surface area contributed by atoms with Gasteiger partial charge in [-0.15, -0.1) is 0 Å². The lowest BCUT2D eigenvalue weighted by Crippen LogP contribution is -2.20. The monoisotopic (exact) mass is 287 g/mol. The molecule has 2 aromatic rings. The number of hydrogen-bond donors (Lipinski definition) is 5. The number of hydrogen-bond acceptors (Lipinski definition) is 8. The van der Waals surface area contributed by atoms with Crippen molar-refractivity contribution in [2.24, 2.45) is 0 Å². The largest absolute Gasteiger partial charge is 0.398 e. The number of nitrogens with zero attached hydrogens (tertiary/aromatic N) is 3. The van der Waals surface area contributed by atoms with Crippen LogP contribution >= 0.6 is 0 Å². The van der Waals surface area contributed by atoms with Crippen molar-refractivity contribution in [2.75, 3.05) is 23.0 Å². The van der Waals surface area contributed by atoms with Crippen molar-refractivity contribution < 1.29 is 5.11 Å². The van der Waals surface area contributed by atoms with Crippen LogP contribution in [0.5, 0.6) is 0 Å². The smallest absolute Gasteiger partial charge is 0.137 e. The Bertz CT molecular complexity index is 632. The molecule has 0 amide bonds. The van der Waals surface area contributed by atoms with Crippen LogP contribution in [0.25, 0.3) is 0 Å². The molecule has 0 fully saturated rings. The number of nitrogens with two attached hydrogens (primary N) is 1. The van der Waals surface area contributed by atoms with Gasteiger partial charge in [-0.2, -0.15) is 0 Å². The average molecular weight is 287 g/mol. The van der Waals surface area contributed by atoms with E-state index in [0.717, 1.165) is 6.21 Å². The zero-order valence-corrected chi connectivity index (χ0v) is 11.5. The maximum Gasteiger partial charge on any atom is 0.137 e. The second-order valence-corrected chi connectivity index (χ2v) is 4.48. The standard InChI is InChI=1S/C13H17N7O/c1-8(6-21)19-12-3-13(18-7-17-12)20-11-2-10(15)9(4-14)5-16-11/h2-5,7-8,14,21H,6H2,1H3,(H4,15,16,17,18,19,20)/t8-/m0/s1. The van der Waals surface area contributed by atoms with Gasteiger partial charge in [-0.1, -0.05) is 0 Å². The van der Waals surface area contributed by atoms with E-state index >= 15 is 0 Å². The van der Waals surface area contributed by atoms with Crippen molar-refractivity contribution in [3.8, 4) is 0 Å². The Hall–Kier alpha value is -2.74. The lowest BCUT2D eigenvalue weighted by atomic mass is 10.2. The molecule has 0 saturated heterocycles. The minimum absolute atomic E-state index is 0.00986. The summed E-state index contributed by atoms with van der Waals surface area (Å²) in [5.74, 6) is 1.67. The molecule has 21 heavy (non-hydrogen) atoms. The van der Waals surface area contributed by atoms with Gasteiger partial charge in [-0.3, -0.25) is 0 Å². The van der Waals surface area contributed by atoms with E-state index < -0.39 is 0 Å². The van der Waals surface area contributed by atoms with E-state index in [1.807, 2.05) is 6.92 Å². The third-order valence-electron chi connectivity index (χ3n) is 2.72. The van der Waals surface area contributed by atoms with Crippen LogP contribution in [0.15, 0.2) is 24.7 Å². The first kappa shape index (κ1) is 14.7. The highest BCUT2D eigenvalue weighted by atomic mass is 16.3. The van der Waals surface area contributed by atoms with Crippen LogP contribution in [-0.2, 0) is 0 Å². The van der Waals surface area contributed by atoms with Crippen LogP contribution in [0.3, 0.4) is 0 Å². The molecule has 8 nitrogen and oxygen atoms in total. The molecule has 2 heterocycles.